The van der Waals surface area contributed by atoms with Gasteiger partial charge in [0.05, 0.1) is 12.0 Å². The number of hydrogen-bond acceptors (Lipinski definition) is 5. The van der Waals surface area contributed by atoms with Crippen molar-refractivity contribution in [1.82, 2.24) is 9.62 Å². The molecule has 1 N–H and O–H groups in total. The largest absolute Gasteiger partial charge is 0.497 e. The van der Waals surface area contributed by atoms with Crippen LogP contribution in [0.25, 0.3) is 0 Å². The molecule has 0 aliphatic heterocycles. The van der Waals surface area contributed by atoms with E-state index in [1.165, 1.54) is 4.31 Å². The highest BCUT2D eigenvalue weighted by Gasteiger charge is 2.41. The molecule has 2 aromatic rings. The Balaban J connectivity index is 1.78. The first-order valence-electron chi connectivity index (χ1n) is 10.7. The quantitative estimate of drug-likeness (QED) is 0.668. The van der Waals surface area contributed by atoms with Crippen molar-refractivity contribution in [2.45, 2.75) is 69.7 Å². The zero-order valence-corrected chi connectivity index (χ0v) is 20.1. The van der Waals surface area contributed by atoms with Crippen molar-refractivity contribution in [1.29, 1.82) is 0 Å². The average Bonchev–Trinajstić information content (AvgIpc) is 2.68. The van der Waals surface area contributed by atoms with Crippen LogP contribution in [0, 0.1) is 6.92 Å². The summed E-state index contributed by atoms with van der Waals surface area (Å²) in [6.07, 6.45) is 0.574. The molecule has 32 heavy (non-hydrogen) atoms. The second-order valence-electron chi connectivity index (χ2n) is 9.18. The van der Waals surface area contributed by atoms with E-state index in [2.05, 4.69) is 5.32 Å². The van der Waals surface area contributed by atoms with Gasteiger partial charge in [-0.1, -0.05) is 24.3 Å². The Morgan fingerprint density at radius 2 is 1.78 bits per heavy atom. The molecule has 1 aliphatic carbocycles. The minimum atomic E-state index is -3.72. The second-order valence-corrected chi connectivity index (χ2v) is 11.1. The number of nitrogens with one attached hydrogen (secondary N) is 1. The molecule has 2 aromatic carbocycles. The van der Waals surface area contributed by atoms with Crippen LogP contribution in [0.5, 0.6) is 5.75 Å². The van der Waals surface area contributed by atoms with Gasteiger partial charge in [0.1, 0.15) is 11.4 Å². The molecule has 7 nitrogen and oxygen atoms in total. The van der Waals surface area contributed by atoms with Crippen LogP contribution in [-0.4, -0.2) is 43.6 Å². The van der Waals surface area contributed by atoms with Gasteiger partial charge in [-0.3, -0.25) is 0 Å². The van der Waals surface area contributed by atoms with Crippen molar-refractivity contribution in [3.8, 4) is 5.75 Å². The molecule has 0 atom stereocenters. The molecule has 0 unspecified atom stereocenters. The Morgan fingerprint density at radius 1 is 1.12 bits per heavy atom. The summed E-state index contributed by atoms with van der Waals surface area (Å²) in [5, 5.41) is 2.84. The fraction of sp³-hybridized carbons (Fsp3) is 0.458. The minimum Gasteiger partial charge on any atom is -0.497 e. The molecule has 0 aromatic heterocycles. The van der Waals surface area contributed by atoms with Gasteiger partial charge in [-0.05, 0) is 75.9 Å². The van der Waals surface area contributed by atoms with Crippen molar-refractivity contribution in [3.05, 3.63) is 59.7 Å². The third kappa shape index (κ3) is 6.01. The predicted octanol–water partition coefficient (Wildman–Crippen LogP) is 4.25. The molecule has 3 rings (SSSR count). The summed E-state index contributed by atoms with van der Waals surface area (Å²) < 4.78 is 39.2. The number of carbonyl (C=O) groups excluding carboxylic acids is 1. The number of carbonyl (C=O) groups is 1. The van der Waals surface area contributed by atoms with Crippen molar-refractivity contribution < 1.29 is 22.7 Å². The van der Waals surface area contributed by atoms with E-state index in [-0.39, 0.29) is 23.5 Å². The third-order valence-corrected chi connectivity index (χ3v) is 7.23. The summed E-state index contributed by atoms with van der Waals surface area (Å²) in [6, 6.07) is 14.0. The molecule has 0 saturated heterocycles. The molecular weight excluding hydrogens is 428 g/mol. The highest BCUT2D eigenvalue weighted by atomic mass is 32.2. The SMILES string of the molecule is COc1ccc(CN(C2CC(NC(=O)OC(C)(C)C)C2)S(=O)(=O)c2cccc(C)c2)cc1. The van der Waals surface area contributed by atoms with Crippen LogP contribution in [0.15, 0.2) is 53.4 Å². The monoisotopic (exact) mass is 460 g/mol. The van der Waals surface area contributed by atoms with Gasteiger partial charge in [-0.2, -0.15) is 4.31 Å². The molecule has 8 heteroatoms. The van der Waals surface area contributed by atoms with E-state index in [0.29, 0.717) is 18.6 Å². The van der Waals surface area contributed by atoms with E-state index in [4.69, 9.17) is 9.47 Å². The Bertz CT molecular complexity index is 1040. The number of aryl methyl sites for hydroxylation is 1. The number of benzene rings is 2. The lowest BCUT2D eigenvalue weighted by Crippen LogP contribution is -2.55. The van der Waals surface area contributed by atoms with Gasteiger partial charge in [0.15, 0.2) is 0 Å². The van der Waals surface area contributed by atoms with E-state index in [1.807, 2.05) is 37.3 Å². The lowest BCUT2D eigenvalue weighted by Gasteiger charge is -2.42. The zero-order valence-electron chi connectivity index (χ0n) is 19.3. The number of sulfonamides is 1. The van der Waals surface area contributed by atoms with Crippen LogP contribution in [0.1, 0.15) is 44.7 Å². The molecule has 1 saturated carbocycles. The summed E-state index contributed by atoms with van der Waals surface area (Å²) in [4.78, 5) is 12.3. The number of nitrogens with zero attached hydrogens (tertiary/aromatic N) is 1. The van der Waals surface area contributed by atoms with Gasteiger partial charge in [0.25, 0.3) is 0 Å². The van der Waals surface area contributed by atoms with Crippen LogP contribution >= 0.6 is 0 Å². The number of hydrogen-bond donors (Lipinski definition) is 1. The highest BCUT2D eigenvalue weighted by molar-refractivity contribution is 7.89. The minimum absolute atomic E-state index is 0.124. The van der Waals surface area contributed by atoms with Gasteiger partial charge in [0, 0.05) is 18.6 Å². The maximum absolute atomic E-state index is 13.6. The van der Waals surface area contributed by atoms with E-state index >= 15 is 0 Å². The predicted molar refractivity (Wildman–Crippen MR) is 123 cm³/mol. The molecular formula is C24H32N2O5S. The average molecular weight is 461 g/mol. The summed E-state index contributed by atoms with van der Waals surface area (Å²) >= 11 is 0. The first kappa shape index (κ1) is 24.1. The molecule has 0 bridgehead atoms. The molecule has 1 aliphatic rings. The van der Waals surface area contributed by atoms with Crippen molar-refractivity contribution in [2.75, 3.05) is 7.11 Å². The van der Waals surface area contributed by atoms with Crippen molar-refractivity contribution >= 4 is 16.1 Å². The van der Waals surface area contributed by atoms with Crippen LogP contribution in [0.4, 0.5) is 4.79 Å². The third-order valence-electron chi connectivity index (χ3n) is 5.33. The van der Waals surface area contributed by atoms with Crippen LogP contribution < -0.4 is 10.1 Å². The lowest BCUT2D eigenvalue weighted by atomic mass is 9.86. The Hall–Kier alpha value is -2.58. The molecule has 0 radical (unpaired) electrons. The van der Waals surface area contributed by atoms with E-state index in [1.54, 1.807) is 46.1 Å². The number of amides is 1. The van der Waals surface area contributed by atoms with Gasteiger partial charge >= 0.3 is 6.09 Å². The standard InChI is InChI=1S/C24H32N2O5S/c1-17-7-6-8-22(13-17)32(28,29)26(16-18-9-11-21(30-5)12-10-18)20-14-19(15-20)25-23(27)31-24(2,3)4/h6-13,19-20H,14-16H2,1-5H3,(H,25,27). The first-order valence-corrected chi connectivity index (χ1v) is 12.1. The number of rotatable bonds is 7. The topological polar surface area (TPSA) is 84.9 Å². The Morgan fingerprint density at radius 3 is 2.34 bits per heavy atom. The van der Waals surface area contributed by atoms with Crippen LogP contribution in [0.3, 0.4) is 0 Å². The van der Waals surface area contributed by atoms with E-state index < -0.39 is 21.7 Å². The number of alkyl carbamates (subject to hydrolysis) is 1. The maximum Gasteiger partial charge on any atom is 0.407 e. The van der Waals surface area contributed by atoms with Gasteiger partial charge in [-0.25, -0.2) is 13.2 Å². The summed E-state index contributed by atoms with van der Waals surface area (Å²) in [7, 11) is -2.13. The summed E-state index contributed by atoms with van der Waals surface area (Å²) in [6.45, 7) is 7.53. The molecule has 0 spiro atoms. The van der Waals surface area contributed by atoms with Crippen LogP contribution in [0.2, 0.25) is 0 Å². The number of methoxy groups -OCH3 is 1. The van der Waals surface area contributed by atoms with E-state index in [9.17, 15) is 13.2 Å². The second kappa shape index (κ2) is 9.50. The lowest BCUT2D eigenvalue weighted by molar-refractivity contribution is 0.0442. The maximum atomic E-state index is 13.6. The Labute approximate surface area is 190 Å². The van der Waals surface area contributed by atoms with Gasteiger partial charge in [0.2, 0.25) is 10.0 Å². The van der Waals surface area contributed by atoms with Crippen molar-refractivity contribution in [3.63, 3.8) is 0 Å². The highest BCUT2D eigenvalue weighted by Crippen LogP contribution is 2.33. The van der Waals surface area contributed by atoms with Gasteiger partial charge < -0.3 is 14.8 Å². The molecule has 174 valence electrons. The smallest absolute Gasteiger partial charge is 0.407 e. The normalized spacial score (nSPS) is 18.7. The number of ether oxygens (including phenoxy) is 2. The summed E-state index contributed by atoms with van der Waals surface area (Å²) in [5.41, 5.74) is 1.17. The fourth-order valence-electron chi connectivity index (χ4n) is 3.65. The molecule has 1 amide bonds. The van der Waals surface area contributed by atoms with Gasteiger partial charge in [-0.15, -0.1) is 0 Å². The van der Waals surface area contributed by atoms with E-state index in [0.717, 1.165) is 11.1 Å². The van der Waals surface area contributed by atoms with Crippen molar-refractivity contribution in [2.24, 2.45) is 0 Å². The molecule has 0 heterocycles. The zero-order chi connectivity index (χ0) is 23.5. The Kier molecular flexibility index (Phi) is 7.15. The fourth-order valence-corrected chi connectivity index (χ4v) is 5.39. The summed E-state index contributed by atoms with van der Waals surface area (Å²) in [5.74, 6) is 0.715. The van der Waals surface area contributed by atoms with Crippen LogP contribution in [-0.2, 0) is 21.3 Å². The first-order chi connectivity index (χ1) is 15.0. The molecule has 1 fully saturated rings.